The van der Waals surface area contributed by atoms with Crippen LogP contribution in [0.2, 0.25) is 5.02 Å². The fourth-order valence-corrected chi connectivity index (χ4v) is 3.09. The van der Waals surface area contributed by atoms with Crippen LogP contribution in [0.15, 0.2) is 65.1 Å². The summed E-state index contributed by atoms with van der Waals surface area (Å²) in [6.45, 7) is 1.91. The molecule has 0 fully saturated rings. The standard InChI is InChI=1S/C21H14ClF3N2O2/c1-12-19(13-5-3-2-4-6-13)27-20(26-12)17-10-9-16(28-17)14-7-8-15(22)18(11-14)29-21(23,24)25/h2-11H,1H3,(H,26,27). The van der Waals surface area contributed by atoms with Gasteiger partial charge in [0.05, 0.1) is 10.7 Å². The third-order valence-corrected chi connectivity index (χ3v) is 4.52. The van der Waals surface area contributed by atoms with Gasteiger partial charge >= 0.3 is 6.36 Å². The number of alkyl halides is 3. The van der Waals surface area contributed by atoms with Crippen molar-refractivity contribution in [3.05, 3.63) is 71.4 Å². The first-order chi connectivity index (χ1) is 13.8. The Bertz CT molecular complexity index is 1150. The average molecular weight is 419 g/mol. The maximum absolute atomic E-state index is 12.5. The summed E-state index contributed by atoms with van der Waals surface area (Å²) < 4.78 is 47.4. The van der Waals surface area contributed by atoms with Crippen molar-refractivity contribution < 1.29 is 22.3 Å². The van der Waals surface area contributed by atoms with Gasteiger partial charge in [-0.05, 0) is 37.3 Å². The predicted octanol–water partition coefficient (Wildman–Crippen LogP) is 6.86. The number of benzene rings is 2. The molecule has 0 amide bonds. The number of H-pyrrole nitrogens is 1. The summed E-state index contributed by atoms with van der Waals surface area (Å²) >= 11 is 5.80. The Balaban J connectivity index is 1.65. The molecule has 0 saturated heterocycles. The molecule has 29 heavy (non-hydrogen) atoms. The molecule has 0 atom stereocenters. The number of aromatic amines is 1. The zero-order valence-corrected chi connectivity index (χ0v) is 15.8. The van der Waals surface area contributed by atoms with E-state index >= 15 is 0 Å². The van der Waals surface area contributed by atoms with Gasteiger partial charge in [-0.2, -0.15) is 0 Å². The molecule has 0 aliphatic carbocycles. The lowest BCUT2D eigenvalue weighted by atomic mass is 10.1. The highest BCUT2D eigenvalue weighted by molar-refractivity contribution is 6.32. The van der Waals surface area contributed by atoms with Gasteiger partial charge in [-0.25, -0.2) is 4.98 Å². The molecule has 0 bridgehead atoms. The quantitative estimate of drug-likeness (QED) is 0.393. The van der Waals surface area contributed by atoms with Gasteiger partial charge in [-0.3, -0.25) is 0 Å². The Hall–Kier alpha value is -3.19. The second-order valence-electron chi connectivity index (χ2n) is 6.28. The van der Waals surface area contributed by atoms with Gasteiger partial charge in [0.15, 0.2) is 11.6 Å². The van der Waals surface area contributed by atoms with Crippen LogP contribution in [0.3, 0.4) is 0 Å². The van der Waals surface area contributed by atoms with Crippen molar-refractivity contribution in [2.24, 2.45) is 0 Å². The molecule has 2 heterocycles. The molecule has 0 aliphatic rings. The number of nitrogens with zero attached hydrogens (tertiary/aromatic N) is 1. The number of hydrogen-bond acceptors (Lipinski definition) is 3. The summed E-state index contributed by atoms with van der Waals surface area (Å²) in [5, 5.41) is -0.146. The van der Waals surface area contributed by atoms with E-state index in [2.05, 4.69) is 14.7 Å². The van der Waals surface area contributed by atoms with Crippen molar-refractivity contribution >= 4 is 11.6 Å². The number of hydrogen-bond donors (Lipinski definition) is 1. The average Bonchev–Trinajstić information content (AvgIpc) is 3.30. The first kappa shape index (κ1) is 19.1. The number of halogens is 4. The number of aryl methyl sites for hydroxylation is 1. The zero-order chi connectivity index (χ0) is 20.6. The summed E-state index contributed by atoms with van der Waals surface area (Å²) in [5.41, 5.74) is 3.03. The second-order valence-corrected chi connectivity index (χ2v) is 6.69. The highest BCUT2D eigenvalue weighted by Gasteiger charge is 2.32. The lowest BCUT2D eigenvalue weighted by Gasteiger charge is -2.11. The van der Waals surface area contributed by atoms with E-state index in [1.54, 1.807) is 18.2 Å². The van der Waals surface area contributed by atoms with E-state index in [-0.39, 0.29) is 5.02 Å². The van der Waals surface area contributed by atoms with Gasteiger partial charge in [-0.15, -0.1) is 13.2 Å². The summed E-state index contributed by atoms with van der Waals surface area (Å²) in [6.07, 6.45) is -4.84. The maximum atomic E-state index is 12.5. The Morgan fingerprint density at radius 2 is 1.69 bits per heavy atom. The lowest BCUT2D eigenvalue weighted by Crippen LogP contribution is -2.17. The Labute approximate surface area is 168 Å². The van der Waals surface area contributed by atoms with E-state index < -0.39 is 12.1 Å². The normalized spacial score (nSPS) is 11.6. The minimum Gasteiger partial charge on any atom is -0.453 e. The summed E-state index contributed by atoms with van der Waals surface area (Å²) in [7, 11) is 0. The van der Waals surface area contributed by atoms with Crippen LogP contribution >= 0.6 is 11.6 Å². The van der Waals surface area contributed by atoms with Gasteiger partial charge in [-0.1, -0.05) is 41.9 Å². The van der Waals surface area contributed by atoms with E-state index in [4.69, 9.17) is 16.0 Å². The molecule has 4 nitrogen and oxygen atoms in total. The fraction of sp³-hybridized carbons (Fsp3) is 0.0952. The number of furan rings is 1. The molecule has 0 saturated carbocycles. The molecular formula is C21H14ClF3N2O2. The number of rotatable bonds is 4. The predicted molar refractivity (Wildman–Crippen MR) is 104 cm³/mol. The third kappa shape index (κ3) is 4.14. The smallest absolute Gasteiger partial charge is 0.453 e. The minimum absolute atomic E-state index is 0.146. The van der Waals surface area contributed by atoms with Crippen LogP contribution in [0.1, 0.15) is 5.69 Å². The van der Waals surface area contributed by atoms with Crippen LogP contribution in [0.4, 0.5) is 13.2 Å². The monoisotopic (exact) mass is 418 g/mol. The number of imidazole rings is 1. The van der Waals surface area contributed by atoms with Gasteiger partial charge < -0.3 is 14.1 Å². The minimum atomic E-state index is -4.84. The largest absolute Gasteiger partial charge is 0.573 e. The van der Waals surface area contributed by atoms with Crippen molar-refractivity contribution in [3.63, 3.8) is 0 Å². The van der Waals surface area contributed by atoms with E-state index in [0.717, 1.165) is 17.0 Å². The van der Waals surface area contributed by atoms with Crippen LogP contribution in [0.25, 0.3) is 34.2 Å². The molecule has 8 heteroatoms. The number of ether oxygens (including phenoxy) is 1. The molecule has 1 N–H and O–H groups in total. The first-order valence-electron chi connectivity index (χ1n) is 8.58. The van der Waals surface area contributed by atoms with Crippen molar-refractivity contribution in [1.29, 1.82) is 0 Å². The van der Waals surface area contributed by atoms with Gasteiger partial charge in [0.25, 0.3) is 0 Å². The molecule has 0 unspecified atom stereocenters. The van der Waals surface area contributed by atoms with Crippen molar-refractivity contribution in [1.82, 2.24) is 9.97 Å². The van der Waals surface area contributed by atoms with Crippen LogP contribution < -0.4 is 4.74 Å². The van der Waals surface area contributed by atoms with Gasteiger partial charge in [0, 0.05) is 16.8 Å². The Morgan fingerprint density at radius 1 is 0.966 bits per heavy atom. The van der Waals surface area contributed by atoms with Gasteiger partial charge in [0.1, 0.15) is 11.5 Å². The van der Waals surface area contributed by atoms with Crippen molar-refractivity contribution in [2.75, 3.05) is 0 Å². The number of nitrogens with one attached hydrogen (secondary N) is 1. The number of aromatic nitrogens is 2. The molecule has 2 aromatic carbocycles. The molecule has 4 rings (SSSR count). The summed E-state index contributed by atoms with van der Waals surface area (Å²) in [4.78, 5) is 7.77. The molecule has 0 aliphatic heterocycles. The summed E-state index contributed by atoms with van der Waals surface area (Å²) in [6, 6.07) is 17.1. The van der Waals surface area contributed by atoms with E-state index in [1.165, 1.54) is 12.1 Å². The molecule has 2 aromatic heterocycles. The molecule has 0 spiro atoms. The van der Waals surface area contributed by atoms with Crippen molar-refractivity contribution in [2.45, 2.75) is 13.3 Å². The van der Waals surface area contributed by atoms with Crippen LogP contribution in [0.5, 0.6) is 5.75 Å². The summed E-state index contributed by atoms with van der Waals surface area (Å²) in [5.74, 6) is 0.848. The molecule has 0 radical (unpaired) electrons. The first-order valence-corrected chi connectivity index (χ1v) is 8.96. The highest BCUT2D eigenvalue weighted by Crippen LogP contribution is 2.36. The van der Waals surface area contributed by atoms with E-state index in [0.29, 0.717) is 22.9 Å². The maximum Gasteiger partial charge on any atom is 0.573 e. The van der Waals surface area contributed by atoms with E-state index in [1.807, 2.05) is 37.3 Å². The molecular weight excluding hydrogens is 405 g/mol. The van der Waals surface area contributed by atoms with Crippen LogP contribution in [-0.2, 0) is 0 Å². The van der Waals surface area contributed by atoms with Crippen LogP contribution in [0, 0.1) is 6.92 Å². The Morgan fingerprint density at radius 3 is 2.41 bits per heavy atom. The van der Waals surface area contributed by atoms with E-state index in [9.17, 15) is 13.2 Å². The topological polar surface area (TPSA) is 51.0 Å². The Kier molecular flexibility index (Phi) is 4.84. The third-order valence-electron chi connectivity index (χ3n) is 4.21. The lowest BCUT2D eigenvalue weighted by molar-refractivity contribution is -0.274. The molecule has 4 aromatic rings. The highest BCUT2D eigenvalue weighted by atomic mass is 35.5. The SMILES string of the molecule is Cc1[nH]c(-c2ccc(-c3ccc(Cl)c(OC(F)(F)F)c3)o2)nc1-c1ccccc1. The fourth-order valence-electron chi connectivity index (χ4n) is 2.93. The van der Waals surface area contributed by atoms with Crippen molar-refractivity contribution in [3.8, 4) is 39.9 Å². The molecule has 148 valence electrons. The zero-order valence-electron chi connectivity index (χ0n) is 15.0. The second kappa shape index (κ2) is 7.33. The van der Waals surface area contributed by atoms with Gasteiger partial charge in [0.2, 0.25) is 0 Å². The van der Waals surface area contributed by atoms with Crippen LogP contribution in [-0.4, -0.2) is 16.3 Å².